The maximum absolute atomic E-state index is 13.3. The fourth-order valence-corrected chi connectivity index (χ4v) is 2.01. The van der Waals surface area contributed by atoms with E-state index in [9.17, 15) is 9.50 Å². The minimum Gasteiger partial charge on any atom is -0.389 e. The monoisotopic (exact) mass is 279 g/mol. The lowest BCUT2D eigenvalue weighted by molar-refractivity contribution is 0.0353. The van der Waals surface area contributed by atoms with E-state index >= 15 is 0 Å². The Balaban J connectivity index is 2.95. The molecular formula is C16H22FNO2. The average molecular weight is 279 g/mol. The molecule has 1 rings (SSSR count). The van der Waals surface area contributed by atoms with Gasteiger partial charge in [-0.25, -0.2) is 4.39 Å². The Hall–Kier alpha value is -1.41. The van der Waals surface area contributed by atoms with Crippen LogP contribution in [0.15, 0.2) is 18.2 Å². The highest BCUT2D eigenvalue weighted by molar-refractivity contribution is 5.41. The lowest BCUT2D eigenvalue weighted by Crippen LogP contribution is -2.38. The Kier molecular flexibility index (Phi) is 6.15. The molecule has 4 heteroatoms. The van der Waals surface area contributed by atoms with Crippen molar-refractivity contribution >= 4 is 0 Å². The number of aliphatic hydroxyl groups excluding tert-OH is 1. The fourth-order valence-electron chi connectivity index (χ4n) is 2.01. The molecule has 20 heavy (non-hydrogen) atoms. The Labute approximate surface area is 120 Å². The highest BCUT2D eigenvalue weighted by atomic mass is 19.1. The molecule has 0 fully saturated rings. The zero-order valence-corrected chi connectivity index (χ0v) is 12.3. The van der Waals surface area contributed by atoms with E-state index in [1.54, 1.807) is 19.9 Å². The summed E-state index contributed by atoms with van der Waals surface area (Å²) in [5.74, 6) is 4.96. The van der Waals surface area contributed by atoms with Crippen molar-refractivity contribution in [2.24, 2.45) is 0 Å². The second-order valence-electron chi connectivity index (χ2n) is 5.38. The first kappa shape index (κ1) is 16.6. The second-order valence-corrected chi connectivity index (χ2v) is 5.38. The van der Waals surface area contributed by atoms with E-state index in [4.69, 9.17) is 5.11 Å². The van der Waals surface area contributed by atoms with Crippen LogP contribution < -0.4 is 0 Å². The minimum absolute atomic E-state index is 0.253. The highest BCUT2D eigenvalue weighted by Gasteiger charge is 2.18. The van der Waals surface area contributed by atoms with Crippen molar-refractivity contribution in [1.82, 2.24) is 4.90 Å². The van der Waals surface area contributed by atoms with Gasteiger partial charge in [-0.3, -0.25) is 4.90 Å². The number of likely N-dealkylation sites (N-methyl/N-ethyl adjacent to an activating group) is 1. The molecule has 0 aliphatic heterocycles. The number of rotatable bonds is 5. The van der Waals surface area contributed by atoms with Gasteiger partial charge in [-0.15, -0.1) is 0 Å². The largest absolute Gasteiger partial charge is 0.389 e. The summed E-state index contributed by atoms with van der Waals surface area (Å²) in [4.78, 5) is 2.07. The molecule has 0 spiro atoms. The van der Waals surface area contributed by atoms with Crippen LogP contribution in [0.1, 0.15) is 31.9 Å². The van der Waals surface area contributed by atoms with Gasteiger partial charge in [-0.1, -0.05) is 24.8 Å². The lowest BCUT2D eigenvalue weighted by Gasteiger charge is -2.28. The Bertz CT molecular complexity index is 497. The van der Waals surface area contributed by atoms with Gasteiger partial charge in [0.1, 0.15) is 12.4 Å². The summed E-state index contributed by atoms with van der Waals surface area (Å²) < 4.78 is 13.3. The van der Waals surface area contributed by atoms with Crippen LogP contribution in [0.4, 0.5) is 4.39 Å². The van der Waals surface area contributed by atoms with E-state index in [0.717, 1.165) is 12.1 Å². The topological polar surface area (TPSA) is 43.7 Å². The van der Waals surface area contributed by atoms with Gasteiger partial charge >= 0.3 is 0 Å². The Morgan fingerprint density at radius 2 is 2.05 bits per heavy atom. The van der Waals surface area contributed by atoms with Crippen molar-refractivity contribution < 1.29 is 14.6 Å². The van der Waals surface area contributed by atoms with Crippen LogP contribution in [0.25, 0.3) is 0 Å². The van der Waals surface area contributed by atoms with Crippen LogP contribution in [0, 0.1) is 17.7 Å². The average Bonchev–Trinajstić information content (AvgIpc) is 2.36. The first-order valence-electron chi connectivity index (χ1n) is 6.68. The van der Waals surface area contributed by atoms with Crippen LogP contribution in [0.5, 0.6) is 0 Å². The van der Waals surface area contributed by atoms with Crippen molar-refractivity contribution in [3.8, 4) is 11.8 Å². The van der Waals surface area contributed by atoms with Gasteiger partial charge in [0.2, 0.25) is 0 Å². The van der Waals surface area contributed by atoms with Crippen molar-refractivity contribution in [2.75, 3.05) is 19.7 Å². The number of aliphatic hydroxyl groups is 2. The van der Waals surface area contributed by atoms with Gasteiger partial charge in [-0.05, 0) is 38.1 Å². The van der Waals surface area contributed by atoms with Gasteiger partial charge < -0.3 is 10.2 Å². The molecule has 0 aromatic heterocycles. The quantitative estimate of drug-likeness (QED) is 0.807. The standard InChI is InChI=1S/C16H22FNO2/c1-4-18(12-16(2,3)20)11-14-7-8-15(17)10-13(14)6-5-9-19/h7-8,10,19-20H,4,9,11-12H2,1-3H3. The third-order valence-corrected chi connectivity index (χ3v) is 2.83. The molecule has 0 aliphatic carbocycles. The fraction of sp³-hybridized carbons (Fsp3) is 0.500. The molecule has 3 nitrogen and oxygen atoms in total. The molecule has 0 saturated heterocycles. The number of halogens is 1. The third kappa shape index (κ3) is 5.70. The number of hydrogen-bond acceptors (Lipinski definition) is 3. The summed E-state index contributed by atoms with van der Waals surface area (Å²) in [6.45, 7) is 7.14. The van der Waals surface area contributed by atoms with E-state index in [2.05, 4.69) is 16.7 Å². The highest BCUT2D eigenvalue weighted by Crippen LogP contribution is 2.15. The summed E-state index contributed by atoms with van der Waals surface area (Å²) >= 11 is 0. The number of nitrogens with zero attached hydrogens (tertiary/aromatic N) is 1. The first-order valence-corrected chi connectivity index (χ1v) is 6.68. The zero-order chi connectivity index (χ0) is 15.2. The van der Waals surface area contributed by atoms with Gasteiger partial charge in [0.25, 0.3) is 0 Å². The minimum atomic E-state index is -0.785. The molecule has 0 radical (unpaired) electrons. The molecule has 0 amide bonds. The van der Waals surface area contributed by atoms with E-state index < -0.39 is 5.60 Å². The Morgan fingerprint density at radius 1 is 1.35 bits per heavy atom. The predicted octanol–water partition coefficient (Wildman–Crippen LogP) is 1.76. The molecule has 0 heterocycles. The van der Waals surface area contributed by atoms with Crippen molar-refractivity contribution in [2.45, 2.75) is 32.9 Å². The first-order chi connectivity index (χ1) is 9.35. The van der Waals surface area contributed by atoms with Crippen molar-refractivity contribution in [3.63, 3.8) is 0 Å². The van der Waals surface area contributed by atoms with Crippen LogP contribution in [-0.4, -0.2) is 40.4 Å². The summed E-state index contributed by atoms with van der Waals surface area (Å²) in [6, 6.07) is 4.47. The van der Waals surface area contributed by atoms with E-state index in [1.807, 2.05) is 6.92 Å². The van der Waals surface area contributed by atoms with Gasteiger partial charge in [-0.2, -0.15) is 0 Å². The predicted molar refractivity (Wildman–Crippen MR) is 77.6 cm³/mol. The van der Waals surface area contributed by atoms with Gasteiger partial charge in [0.15, 0.2) is 0 Å². The molecule has 0 saturated carbocycles. The van der Waals surface area contributed by atoms with Crippen molar-refractivity contribution in [1.29, 1.82) is 0 Å². The van der Waals surface area contributed by atoms with Crippen LogP contribution in [-0.2, 0) is 6.54 Å². The maximum Gasteiger partial charge on any atom is 0.124 e. The Morgan fingerprint density at radius 3 is 2.60 bits per heavy atom. The molecule has 0 bridgehead atoms. The summed E-state index contributed by atoms with van der Waals surface area (Å²) in [5.41, 5.74) is 0.680. The molecule has 110 valence electrons. The SMILES string of the molecule is CCN(Cc1ccc(F)cc1C#CCO)CC(C)(C)O. The third-order valence-electron chi connectivity index (χ3n) is 2.83. The number of hydrogen-bond donors (Lipinski definition) is 2. The van der Waals surface area contributed by atoms with E-state index in [-0.39, 0.29) is 12.4 Å². The lowest BCUT2D eigenvalue weighted by atomic mass is 10.1. The van der Waals surface area contributed by atoms with E-state index in [0.29, 0.717) is 18.7 Å². The normalized spacial score (nSPS) is 11.3. The molecule has 0 unspecified atom stereocenters. The summed E-state index contributed by atoms with van der Waals surface area (Å²) in [5, 5.41) is 18.6. The van der Waals surface area contributed by atoms with Crippen LogP contribution >= 0.6 is 0 Å². The van der Waals surface area contributed by atoms with Gasteiger partial charge in [0, 0.05) is 18.7 Å². The molecule has 0 aliphatic rings. The van der Waals surface area contributed by atoms with E-state index in [1.165, 1.54) is 12.1 Å². The van der Waals surface area contributed by atoms with Gasteiger partial charge in [0.05, 0.1) is 5.60 Å². The number of benzene rings is 1. The maximum atomic E-state index is 13.3. The smallest absolute Gasteiger partial charge is 0.124 e. The van der Waals surface area contributed by atoms with Crippen molar-refractivity contribution in [3.05, 3.63) is 35.1 Å². The summed E-state index contributed by atoms with van der Waals surface area (Å²) in [6.07, 6.45) is 0. The molecular weight excluding hydrogens is 257 g/mol. The molecule has 2 N–H and O–H groups in total. The summed E-state index contributed by atoms with van der Waals surface area (Å²) in [7, 11) is 0. The van der Waals surface area contributed by atoms with Crippen LogP contribution in [0.3, 0.4) is 0 Å². The molecule has 1 aromatic carbocycles. The molecule has 1 aromatic rings. The zero-order valence-electron chi connectivity index (χ0n) is 12.3. The van der Waals surface area contributed by atoms with Crippen LogP contribution in [0.2, 0.25) is 0 Å². The molecule has 0 atom stereocenters. The second kappa shape index (κ2) is 7.39.